The lowest BCUT2D eigenvalue weighted by Gasteiger charge is -2.08. The van der Waals surface area contributed by atoms with E-state index < -0.39 is 6.10 Å². The van der Waals surface area contributed by atoms with Gasteiger partial charge in [-0.3, -0.25) is 0 Å². The molecule has 2 nitrogen and oxygen atoms in total. The Morgan fingerprint density at radius 2 is 1.71 bits per heavy atom. The van der Waals surface area contributed by atoms with Gasteiger partial charge in [-0.15, -0.1) is 0 Å². The summed E-state index contributed by atoms with van der Waals surface area (Å²) in [6, 6.07) is 13.4. The number of hydrogen-bond acceptors (Lipinski definition) is 2. The molecule has 2 aromatic rings. The first kappa shape index (κ1) is 16.1. The molecule has 0 saturated heterocycles. The van der Waals surface area contributed by atoms with E-state index in [0.717, 1.165) is 16.7 Å². The van der Waals surface area contributed by atoms with Gasteiger partial charge < -0.3 is 10.8 Å². The van der Waals surface area contributed by atoms with Gasteiger partial charge >= 0.3 is 0 Å². The molecule has 2 aromatic carbocycles. The Morgan fingerprint density at radius 3 is 2.38 bits per heavy atom. The van der Waals surface area contributed by atoms with Crippen molar-refractivity contribution in [3.05, 3.63) is 69.2 Å². The molecule has 0 unspecified atom stereocenters. The number of halogens is 2. The van der Waals surface area contributed by atoms with Crippen molar-refractivity contribution in [3.63, 3.8) is 0 Å². The van der Waals surface area contributed by atoms with Gasteiger partial charge in [-0.25, -0.2) is 0 Å². The van der Waals surface area contributed by atoms with E-state index in [-0.39, 0.29) is 6.54 Å². The fourth-order valence-electron chi connectivity index (χ4n) is 2.03. The van der Waals surface area contributed by atoms with Crippen molar-refractivity contribution in [2.45, 2.75) is 12.5 Å². The molecule has 0 spiro atoms. The molecule has 0 aromatic heterocycles. The molecule has 21 heavy (non-hydrogen) atoms. The molecule has 0 aliphatic rings. The number of benzene rings is 2. The van der Waals surface area contributed by atoms with Crippen LogP contribution in [-0.2, 0) is 6.42 Å². The zero-order valence-corrected chi connectivity index (χ0v) is 13.0. The molecule has 0 saturated carbocycles. The Balaban J connectivity index is 2.19. The summed E-state index contributed by atoms with van der Waals surface area (Å²) in [4.78, 5) is 0. The van der Waals surface area contributed by atoms with Crippen LogP contribution in [0.4, 0.5) is 0 Å². The Labute approximate surface area is 134 Å². The van der Waals surface area contributed by atoms with E-state index >= 15 is 0 Å². The van der Waals surface area contributed by atoms with E-state index in [1.807, 2.05) is 42.5 Å². The van der Waals surface area contributed by atoms with Crippen LogP contribution in [0.25, 0.3) is 12.2 Å². The van der Waals surface area contributed by atoms with Crippen molar-refractivity contribution < 1.29 is 5.11 Å². The van der Waals surface area contributed by atoms with E-state index in [4.69, 9.17) is 28.9 Å². The lowest BCUT2D eigenvalue weighted by atomic mass is 10.0. The molecular formula is C17H17Cl2NO. The first-order valence-corrected chi connectivity index (χ1v) is 7.45. The maximum Gasteiger partial charge on any atom is 0.0702 e. The Hall–Kier alpha value is -1.32. The molecule has 0 fully saturated rings. The van der Waals surface area contributed by atoms with Gasteiger partial charge in [0.2, 0.25) is 0 Å². The topological polar surface area (TPSA) is 46.2 Å². The van der Waals surface area contributed by atoms with E-state index in [1.165, 1.54) is 0 Å². The highest BCUT2D eigenvalue weighted by molar-refractivity contribution is 6.37. The second-order valence-electron chi connectivity index (χ2n) is 4.81. The van der Waals surface area contributed by atoms with Crippen LogP contribution in [0.2, 0.25) is 10.0 Å². The molecule has 0 heterocycles. The minimum absolute atomic E-state index is 0.259. The van der Waals surface area contributed by atoms with Crippen LogP contribution in [0.1, 0.15) is 16.7 Å². The van der Waals surface area contributed by atoms with Crippen molar-refractivity contribution in [1.29, 1.82) is 0 Å². The Kier molecular flexibility index (Phi) is 5.83. The predicted molar refractivity (Wildman–Crippen MR) is 90.6 cm³/mol. The highest BCUT2D eigenvalue weighted by Crippen LogP contribution is 2.26. The largest absolute Gasteiger partial charge is 0.391 e. The highest BCUT2D eigenvalue weighted by atomic mass is 35.5. The third-order valence-electron chi connectivity index (χ3n) is 3.14. The summed E-state index contributed by atoms with van der Waals surface area (Å²) < 4.78 is 0. The standard InChI is InChI=1S/C17H17Cl2NO/c18-16-5-2-6-17(19)15(16)8-7-12-3-1-4-13(9-12)10-14(21)11-20/h1-9,14,21H,10-11,20H2/t14-/m0/s1. The van der Waals surface area contributed by atoms with Crippen LogP contribution in [0, 0.1) is 0 Å². The molecule has 0 radical (unpaired) electrons. The lowest BCUT2D eigenvalue weighted by Crippen LogP contribution is -2.21. The van der Waals surface area contributed by atoms with E-state index in [9.17, 15) is 5.11 Å². The maximum atomic E-state index is 9.61. The van der Waals surface area contributed by atoms with Gasteiger partial charge in [0.25, 0.3) is 0 Å². The summed E-state index contributed by atoms with van der Waals surface area (Å²) in [7, 11) is 0. The molecule has 110 valence electrons. The fraction of sp³-hybridized carbons (Fsp3) is 0.176. The summed E-state index contributed by atoms with van der Waals surface area (Å²) in [6.45, 7) is 0.259. The van der Waals surface area contributed by atoms with Gasteiger partial charge in [0.15, 0.2) is 0 Å². The van der Waals surface area contributed by atoms with Crippen LogP contribution < -0.4 is 5.73 Å². The van der Waals surface area contributed by atoms with Crippen molar-refractivity contribution in [2.24, 2.45) is 5.73 Å². The molecule has 0 bridgehead atoms. The molecule has 4 heteroatoms. The summed E-state index contributed by atoms with van der Waals surface area (Å²) in [5, 5.41) is 10.8. The first-order valence-electron chi connectivity index (χ1n) is 6.69. The smallest absolute Gasteiger partial charge is 0.0702 e. The molecule has 1 atom stereocenters. The van der Waals surface area contributed by atoms with Crippen molar-refractivity contribution in [3.8, 4) is 0 Å². The van der Waals surface area contributed by atoms with Gasteiger partial charge in [-0.05, 0) is 29.7 Å². The number of hydrogen-bond donors (Lipinski definition) is 2. The first-order chi connectivity index (χ1) is 10.1. The monoisotopic (exact) mass is 321 g/mol. The number of rotatable bonds is 5. The Bertz CT molecular complexity index is 620. The van der Waals surface area contributed by atoms with Crippen LogP contribution in [0.15, 0.2) is 42.5 Å². The second kappa shape index (κ2) is 7.62. The molecule has 3 N–H and O–H groups in total. The average Bonchev–Trinajstić information content (AvgIpc) is 2.47. The van der Waals surface area contributed by atoms with Gasteiger partial charge in [0.05, 0.1) is 6.10 Å². The number of aliphatic hydroxyl groups excluding tert-OH is 1. The molecular weight excluding hydrogens is 305 g/mol. The van der Waals surface area contributed by atoms with Crippen LogP contribution >= 0.6 is 23.2 Å². The molecule has 2 rings (SSSR count). The summed E-state index contributed by atoms with van der Waals surface area (Å²) in [6.07, 6.45) is 3.88. The summed E-state index contributed by atoms with van der Waals surface area (Å²) >= 11 is 12.3. The van der Waals surface area contributed by atoms with Gasteiger partial charge in [-0.1, -0.05) is 65.7 Å². The minimum atomic E-state index is -0.512. The molecule has 0 amide bonds. The summed E-state index contributed by atoms with van der Waals surface area (Å²) in [5.41, 5.74) is 8.29. The van der Waals surface area contributed by atoms with Crippen molar-refractivity contribution >= 4 is 35.4 Å². The maximum absolute atomic E-state index is 9.61. The van der Waals surface area contributed by atoms with Crippen LogP contribution in [0.5, 0.6) is 0 Å². The zero-order valence-electron chi connectivity index (χ0n) is 11.5. The minimum Gasteiger partial charge on any atom is -0.391 e. The third kappa shape index (κ3) is 4.58. The van der Waals surface area contributed by atoms with Gasteiger partial charge in [0.1, 0.15) is 0 Å². The zero-order chi connectivity index (χ0) is 15.2. The van der Waals surface area contributed by atoms with Crippen molar-refractivity contribution in [2.75, 3.05) is 6.54 Å². The normalized spacial score (nSPS) is 12.8. The predicted octanol–water partition coefficient (Wildman–Crippen LogP) is 4.03. The van der Waals surface area contributed by atoms with Crippen LogP contribution in [0.3, 0.4) is 0 Å². The molecule has 0 aliphatic carbocycles. The highest BCUT2D eigenvalue weighted by Gasteiger charge is 2.04. The number of aliphatic hydroxyl groups is 1. The molecule has 0 aliphatic heterocycles. The van der Waals surface area contributed by atoms with E-state index in [1.54, 1.807) is 12.1 Å². The average molecular weight is 322 g/mol. The van der Waals surface area contributed by atoms with Gasteiger partial charge in [-0.2, -0.15) is 0 Å². The lowest BCUT2D eigenvalue weighted by molar-refractivity contribution is 0.183. The Morgan fingerprint density at radius 1 is 1.05 bits per heavy atom. The quantitative estimate of drug-likeness (QED) is 0.817. The third-order valence-corrected chi connectivity index (χ3v) is 3.80. The fourth-order valence-corrected chi connectivity index (χ4v) is 2.55. The van der Waals surface area contributed by atoms with Gasteiger partial charge in [0, 0.05) is 22.2 Å². The summed E-state index contributed by atoms with van der Waals surface area (Å²) in [5.74, 6) is 0. The van der Waals surface area contributed by atoms with E-state index in [0.29, 0.717) is 16.5 Å². The SMILES string of the molecule is NC[C@@H](O)Cc1cccc(C=Cc2c(Cl)cccc2Cl)c1. The second-order valence-corrected chi connectivity index (χ2v) is 5.62. The van der Waals surface area contributed by atoms with Crippen molar-refractivity contribution in [1.82, 2.24) is 0 Å². The van der Waals surface area contributed by atoms with Crippen LogP contribution in [-0.4, -0.2) is 17.8 Å². The number of nitrogens with two attached hydrogens (primary N) is 1. The van der Waals surface area contributed by atoms with E-state index in [2.05, 4.69) is 0 Å².